The van der Waals surface area contributed by atoms with Crippen LogP contribution in [0.5, 0.6) is 0 Å². The maximum absolute atomic E-state index is 12.2. The minimum atomic E-state index is -0.561. The van der Waals surface area contributed by atoms with E-state index in [0.717, 1.165) is 11.3 Å². The van der Waals surface area contributed by atoms with Crippen LogP contribution in [-0.2, 0) is 6.54 Å². The summed E-state index contributed by atoms with van der Waals surface area (Å²) in [4.78, 5) is 34.4. The number of carbonyl (C=O) groups excluding carboxylic acids is 1. The van der Waals surface area contributed by atoms with Gasteiger partial charge in [-0.05, 0) is 18.2 Å². The maximum atomic E-state index is 12.2. The van der Waals surface area contributed by atoms with Crippen molar-refractivity contribution in [2.24, 2.45) is 0 Å². The van der Waals surface area contributed by atoms with Crippen molar-refractivity contribution in [2.75, 3.05) is 0 Å². The molecule has 2 N–H and O–H groups in total. The number of rotatable bonds is 4. The van der Waals surface area contributed by atoms with Gasteiger partial charge in [-0.3, -0.25) is 9.78 Å². The Labute approximate surface area is 132 Å². The Bertz CT molecular complexity index is 861. The molecule has 6 nitrogen and oxygen atoms in total. The Morgan fingerprint density at radius 3 is 2.61 bits per heavy atom. The first-order valence-corrected chi connectivity index (χ1v) is 7.07. The predicted octanol–water partition coefficient (Wildman–Crippen LogP) is 1.76. The standard InChI is InChI=1S/C17H14N4O2/c22-16(19-11-13-8-4-5-9-18-13)15-10-14(20-17(23)21-15)12-6-2-1-3-7-12/h1-10H,11H2,(H,19,22)(H,20,21,23). The van der Waals surface area contributed by atoms with Gasteiger partial charge in [-0.2, -0.15) is 4.98 Å². The van der Waals surface area contributed by atoms with Gasteiger partial charge in [0.1, 0.15) is 5.69 Å². The van der Waals surface area contributed by atoms with E-state index in [9.17, 15) is 9.59 Å². The molecule has 0 aliphatic heterocycles. The Balaban J connectivity index is 1.81. The second kappa shape index (κ2) is 6.65. The van der Waals surface area contributed by atoms with E-state index in [1.54, 1.807) is 18.3 Å². The molecule has 2 heterocycles. The molecule has 3 aromatic rings. The largest absolute Gasteiger partial charge is 0.346 e. The first-order chi connectivity index (χ1) is 11.2. The van der Waals surface area contributed by atoms with Crippen LogP contribution in [0.3, 0.4) is 0 Å². The molecule has 1 aromatic carbocycles. The molecule has 114 valence electrons. The monoisotopic (exact) mass is 306 g/mol. The van der Waals surface area contributed by atoms with Gasteiger partial charge in [-0.1, -0.05) is 36.4 Å². The molecule has 0 aliphatic rings. The topological polar surface area (TPSA) is 87.7 Å². The van der Waals surface area contributed by atoms with Gasteiger partial charge in [0.25, 0.3) is 5.91 Å². The molecule has 0 bridgehead atoms. The molecule has 0 fully saturated rings. The van der Waals surface area contributed by atoms with Gasteiger partial charge >= 0.3 is 5.69 Å². The van der Waals surface area contributed by atoms with Crippen LogP contribution in [0.1, 0.15) is 16.2 Å². The highest BCUT2D eigenvalue weighted by molar-refractivity contribution is 5.93. The van der Waals surface area contributed by atoms with E-state index in [4.69, 9.17) is 0 Å². The van der Waals surface area contributed by atoms with Crippen molar-refractivity contribution in [3.8, 4) is 11.3 Å². The number of amides is 1. The Hall–Kier alpha value is -3.28. The molecule has 0 radical (unpaired) electrons. The lowest BCUT2D eigenvalue weighted by Crippen LogP contribution is -2.27. The third-order valence-electron chi connectivity index (χ3n) is 3.22. The number of nitrogens with zero attached hydrogens (tertiary/aromatic N) is 2. The zero-order valence-corrected chi connectivity index (χ0v) is 12.2. The summed E-state index contributed by atoms with van der Waals surface area (Å²) >= 11 is 0. The van der Waals surface area contributed by atoms with Crippen LogP contribution >= 0.6 is 0 Å². The van der Waals surface area contributed by atoms with Gasteiger partial charge in [0.2, 0.25) is 0 Å². The van der Waals surface area contributed by atoms with Crippen molar-refractivity contribution in [2.45, 2.75) is 6.54 Å². The average molecular weight is 306 g/mol. The molecule has 1 amide bonds. The van der Waals surface area contributed by atoms with E-state index in [0.29, 0.717) is 5.69 Å². The summed E-state index contributed by atoms with van der Waals surface area (Å²) < 4.78 is 0. The number of pyridine rings is 1. The quantitative estimate of drug-likeness (QED) is 0.769. The number of nitrogens with one attached hydrogen (secondary N) is 2. The van der Waals surface area contributed by atoms with Crippen molar-refractivity contribution in [3.63, 3.8) is 0 Å². The second-order valence-electron chi connectivity index (χ2n) is 4.85. The zero-order valence-electron chi connectivity index (χ0n) is 12.2. The van der Waals surface area contributed by atoms with E-state index < -0.39 is 5.69 Å². The molecule has 0 saturated carbocycles. The van der Waals surface area contributed by atoms with Gasteiger partial charge in [0.15, 0.2) is 0 Å². The molecule has 0 atom stereocenters. The third kappa shape index (κ3) is 3.68. The summed E-state index contributed by atoms with van der Waals surface area (Å²) in [5.41, 5.74) is 1.57. The fourth-order valence-electron chi connectivity index (χ4n) is 2.11. The first kappa shape index (κ1) is 14.6. The van der Waals surface area contributed by atoms with Gasteiger partial charge in [0.05, 0.1) is 17.9 Å². The average Bonchev–Trinajstić information content (AvgIpc) is 2.61. The molecule has 0 unspecified atom stereocenters. The Morgan fingerprint density at radius 2 is 1.87 bits per heavy atom. The molecule has 3 rings (SSSR count). The number of aromatic nitrogens is 3. The normalized spacial score (nSPS) is 10.3. The summed E-state index contributed by atoms with van der Waals surface area (Å²) in [5, 5.41) is 2.72. The molecule has 6 heteroatoms. The Kier molecular flexibility index (Phi) is 4.24. The van der Waals surface area contributed by atoms with E-state index in [1.807, 2.05) is 42.5 Å². The van der Waals surface area contributed by atoms with Crippen molar-refractivity contribution < 1.29 is 4.79 Å². The van der Waals surface area contributed by atoms with Crippen molar-refractivity contribution in [1.29, 1.82) is 0 Å². The molecule has 0 spiro atoms. The number of benzene rings is 1. The Morgan fingerprint density at radius 1 is 1.09 bits per heavy atom. The van der Waals surface area contributed by atoms with E-state index >= 15 is 0 Å². The maximum Gasteiger partial charge on any atom is 0.346 e. The van der Waals surface area contributed by atoms with Crippen LogP contribution in [0.2, 0.25) is 0 Å². The summed E-state index contributed by atoms with van der Waals surface area (Å²) in [7, 11) is 0. The van der Waals surface area contributed by atoms with Gasteiger partial charge in [0, 0.05) is 11.8 Å². The lowest BCUT2D eigenvalue weighted by Gasteiger charge is -2.06. The molecule has 2 aromatic heterocycles. The highest BCUT2D eigenvalue weighted by Crippen LogP contribution is 2.15. The molecule has 0 aliphatic carbocycles. The molecule has 23 heavy (non-hydrogen) atoms. The fraction of sp³-hybridized carbons (Fsp3) is 0.0588. The van der Waals surface area contributed by atoms with Crippen molar-refractivity contribution >= 4 is 5.91 Å². The number of hydrogen-bond donors (Lipinski definition) is 2. The minimum absolute atomic E-state index is 0.166. The van der Waals surface area contributed by atoms with Gasteiger partial charge in [-0.25, -0.2) is 4.79 Å². The minimum Gasteiger partial charge on any atom is -0.345 e. The van der Waals surface area contributed by atoms with Crippen LogP contribution < -0.4 is 11.0 Å². The predicted molar refractivity (Wildman–Crippen MR) is 85.7 cm³/mol. The number of H-pyrrole nitrogens is 1. The highest BCUT2D eigenvalue weighted by atomic mass is 16.2. The summed E-state index contributed by atoms with van der Waals surface area (Å²) in [6, 6.07) is 16.2. The molecular weight excluding hydrogens is 292 g/mol. The number of aromatic amines is 1. The van der Waals surface area contributed by atoms with Gasteiger partial charge < -0.3 is 10.3 Å². The van der Waals surface area contributed by atoms with Gasteiger partial charge in [-0.15, -0.1) is 0 Å². The summed E-state index contributed by atoms with van der Waals surface area (Å²) in [5.74, 6) is -0.382. The first-order valence-electron chi connectivity index (χ1n) is 7.07. The van der Waals surface area contributed by atoms with E-state index in [1.165, 1.54) is 0 Å². The van der Waals surface area contributed by atoms with Crippen LogP contribution in [0.4, 0.5) is 0 Å². The van der Waals surface area contributed by atoms with Crippen LogP contribution in [-0.4, -0.2) is 20.9 Å². The third-order valence-corrected chi connectivity index (χ3v) is 3.22. The molecule has 0 saturated heterocycles. The molecular formula is C17H14N4O2. The highest BCUT2D eigenvalue weighted by Gasteiger charge is 2.10. The van der Waals surface area contributed by atoms with E-state index in [2.05, 4.69) is 20.3 Å². The van der Waals surface area contributed by atoms with Crippen LogP contribution in [0.25, 0.3) is 11.3 Å². The lowest BCUT2D eigenvalue weighted by molar-refractivity contribution is 0.0945. The fourth-order valence-corrected chi connectivity index (χ4v) is 2.11. The summed E-state index contributed by atoms with van der Waals surface area (Å²) in [6.07, 6.45) is 1.66. The lowest BCUT2D eigenvalue weighted by atomic mass is 10.1. The number of hydrogen-bond acceptors (Lipinski definition) is 4. The van der Waals surface area contributed by atoms with Crippen LogP contribution in [0, 0.1) is 0 Å². The van der Waals surface area contributed by atoms with Crippen LogP contribution in [0.15, 0.2) is 65.6 Å². The number of carbonyl (C=O) groups is 1. The summed E-state index contributed by atoms with van der Waals surface area (Å²) in [6.45, 7) is 0.282. The SMILES string of the molecule is O=C(NCc1ccccn1)c1cc(-c2ccccc2)nc(=O)[nH]1. The van der Waals surface area contributed by atoms with Crippen molar-refractivity contribution in [3.05, 3.63) is 82.7 Å². The smallest absolute Gasteiger partial charge is 0.345 e. The van der Waals surface area contributed by atoms with E-state index in [-0.39, 0.29) is 18.1 Å². The van der Waals surface area contributed by atoms with Crippen molar-refractivity contribution in [1.82, 2.24) is 20.3 Å². The zero-order chi connectivity index (χ0) is 16.1. The second-order valence-corrected chi connectivity index (χ2v) is 4.85.